The number of rotatable bonds is 7. The smallest absolute Gasteiger partial charge is 0.338 e. The van der Waals surface area contributed by atoms with E-state index in [-0.39, 0.29) is 36.1 Å². The summed E-state index contributed by atoms with van der Waals surface area (Å²) >= 11 is 0. The summed E-state index contributed by atoms with van der Waals surface area (Å²) in [5.74, 6) is -0.896. The molecule has 0 radical (unpaired) electrons. The van der Waals surface area contributed by atoms with Crippen molar-refractivity contribution in [2.45, 2.75) is 37.9 Å². The third-order valence-electron chi connectivity index (χ3n) is 5.83. The maximum absolute atomic E-state index is 12.5. The van der Waals surface area contributed by atoms with E-state index < -0.39 is 12.1 Å². The normalized spacial score (nSPS) is 25.1. The van der Waals surface area contributed by atoms with Gasteiger partial charge in [0.05, 0.1) is 12.0 Å². The lowest BCUT2D eigenvalue weighted by atomic mass is 9.91. The van der Waals surface area contributed by atoms with Crippen LogP contribution < -0.4 is 0 Å². The fourth-order valence-electron chi connectivity index (χ4n) is 4.28. The van der Waals surface area contributed by atoms with Gasteiger partial charge in [-0.3, -0.25) is 9.59 Å². The molecule has 30 heavy (non-hydrogen) atoms. The quantitative estimate of drug-likeness (QED) is 0.517. The van der Waals surface area contributed by atoms with Crippen LogP contribution in [0, 0.1) is 11.8 Å². The summed E-state index contributed by atoms with van der Waals surface area (Å²) in [6, 6.07) is 18.7. The SMILES string of the molecule is O=C(/C=C/[C@H]1[C@@H]2CC(=O)O[C@@H]2C[C@H]1OC(=O)c1ccccc1)CCc1ccccc1. The number of hydrogen-bond acceptors (Lipinski definition) is 5. The molecule has 0 N–H and O–H groups in total. The van der Waals surface area contributed by atoms with Crippen LogP contribution in [0.15, 0.2) is 72.8 Å². The van der Waals surface area contributed by atoms with Crippen LogP contribution >= 0.6 is 0 Å². The Balaban J connectivity index is 1.42. The summed E-state index contributed by atoms with van der Waals surface area (Å²) in [7, 11) is 0. The van der Waals surface area contributed by atoms with Crippen molar-refractivity contribution in [3.8, 4) is 0 Å². The van der Waals surface area contributed by atoms with Crippen molar-refractivity contribution in [1.82, 2.24) is 0 Å². The van der Waals surface area contributed by atoms with Crippen LogP contribution in [0.5, 0.6) is 0 Å². The molecule has 1 aliphatic carbocycles. The molecule has 2 aliphatic rings. The molecule has 2 aromatic carbocycles. The summed E-state index contributed by atoms with van der Waals surface area (Å²) in [5.41, 5.74) is 1.60. The summed E-state index contributed by atoms with van der Waals surface area (Å²) in [5, 5.41) is 0. The van der Waals surface area contributed by atoms with Gasteiger partial charge in [-0.15, -0.1) is 0 Å². The van der Waals surface area contributed by atoms with E-state index in [1.165, 1.54) is 0 Å². The third kappa shape index (κ3) is 4.67. The van der Waals surface area contributed by atoms with E-state index in [4.69, 9.17) is 9.47 Å². The lowest BCUT2D eigenvalue weighted by Crippen LogP contribution is -2.25. The van der Waals surface area contributed by atoms with Gasteiger partial charge in [0.15, 0.2) is 5.78 Å². The van der Waals surface area contributed by atoms with Crippen molar-refractivity contribution >= 4 is 17.7 Å². The van der Waals surface area contributed by atoms with E-state index in [9.17, 15) is 14.4 Å². The highest BCUT2D eigenvalue weighted by Crippen LogP contribution is 2.43. The van der Waals surface area contributed by atoms with Gasteiger partial charge in [0.1, 0.15) is 12.2 Å². The molecule has 4 atom stereocenters. The Labute approximate surface area is 175 Å². The lowest BCUT2D eigenvalue weighted by molar-refractivity contribution is -0.141. The van der Waals surface area contributed by atoms with Gasteiger partial charge in [-0.25, -0.2) is 4.79 Å². The number of aryl methyl sites for hydroxylation is 1. The number of carbonyl (C=O) groups is 3. The zero-order chi connectivity index (χ0) is 20.9. The monoisotopic (exact) mass is 404 g/mol. The predicted molar refractivity (Wildman–Crippen MR) is 111 cm³/mol. The Bertz CT molecular complexity index is 935. The first kappa shape index (κ1) is 20.1. The molecule has 0 amide bonds. The molecular formula is C25H24O5. The van der Waals surface area contributed by atoms with Gasteiger partial charge in [0.2, 0.25) is 0 Å². The number of allylic oxidation sites excluding steroid dienone is 1. The van der Waals surface area contributed by atoms with Gasteiger partial charge in [-0.2, -0.15) is 0 Å². The van der Waals surface area contributed by atoms with Crippen molar-refractivity contribution in [3.05, 3.63) is 83.9 Å². The van der Waals surface area contributed by atoms with Gasteiger partial charge in [0, 0.05) is 24.7 Å². The predicted octanol–water partition coefficient (Wildman–Crippen LogP) is 3.92. The minimum absolute atomic E-state index is 0.0145. The fraction of sp³-hybridized carbons (Fsp3) is 0.320. The number of esters is 2. The lowest BCUT2D eigenvalue weighted by Gasteiger charge is -2.20. The second-order valence-corrected chi connectivity index (χ2v) is 7.83. The Hall–Kier alpha value is -3.21. The molecule has 5 nitrogen and oxygen atoms in total. The first-order valence-electron chi connectivity index (χ1n) is 10.3. The molecule has 4 rings (SSSR count). The number of hydrogen-bond donors (Lipinski definition) is 0. The maximum atomic E-state index is 12.5. The minimum atomic E-state index is -0.418. The van der Waals surface area contributed by atoms with E-state index in [0.717, 1.165) is 5.56 Å². The zero-order valence-electron chi connectivity index (χ0n) is 16.6. The summed E-state index contributed by atoms with van der Waals surface area (Å²) < 4.78 is 11.1. The van der Waals surface area contributed by atoms with Crippen molar-refractivity contribution in [2.75, 3.05) is 0 Å². The number of carbonyl (C=O) groups excluding carboxylic acids is 3. The molecule has 1 saturated heterocycles. The van der Waals surface area contributed by atoms with Gasteiger partial charge >= 0.3 is 11.9 Å². The first-order chi connectivity index (χ1) is 14.6. The molecule has 0 aromatic heterocycles. The molecule has 1 saturated carbocycles. The average molecular weight is 404 g/mol. The summed E-state index contributed by atoms with van der Waals surface area (Å²) in [4.78, 5) is 36.6. The second kappa shape index (κ2) is 9.08. The minimum Gasteiger partial charge on any atom is -0.462 e. The van der Waals surface area contributed by atoms with Crippen LogP contribution in [0.4, 0.5) is 0 Å². The second-order valence-electron chi connectivity index (χ2n) is 7.83. The highest BCUT2D eigenvalue weighted by Gasteiger charge is 2.50. The van der Waals surface area contributed by atoms with Gasteiger partial charge < -0.3 is 9.47 Å². The molecule has 0 bridgehead atoms. The largest absolute Gasteiger partial charge is 0.462 e. The number of fused-ring (bicyclic) bond motifs is 1. The van der Waals surface area contributed by atoms with E-state index >= 15 is 0 Å². The first-order valence-corrected chi connectivity index (χ1v) is 10.3. The molecular weight excluding hydrogens is 380 g/mol. The Morgan fingerprint density at radius 1 is 1.03 bits per heavy atom. The van der Waals surface area contributed by atoms with Crippen molar-refractivity contribution in [2.24, 2.45) is 11.8 Å². The number of ether oxygens (including phenoxy) is 2. The van der Waals surface area contributed by atoms with Crippen LogP contribution in [0.3, 0.4) is 0 Å². The fourth-order valence-corrected chi connectivity index (χ4v) is 4.28. The van der Waals surface area contributed by atoms with E-state index in [1.54, 1.807) is 30.3 Å². The summed E-state index contributed by atoms with van der Waals surface area (Å²) in [6.07, 6.45) is 4.53. The van der Waals surface area contributed by atoms with E-state index in [2.05, 4.69) is 0 Å². The van der Waals surface area contributed by atoms with E-state index in [0.29, 0.717) is 24.8 Å². The highest BCUT2D eigenvalue weighted by atomic mass is 16.6. The number of ketones is 1. The van der Waals surface area contributed by atoms with Crippen LogP contribution in [0.25, 0.3) is 0 Å². The molecule has 5 heteroatoms. The Morgan fingerprint density at radius 3 is 2.47 bits per heavy atom. The Kier molecular flexibility index (Phi) is 6.07. The van der Waals surface area contributed by atoms with Gasteiger partial charge in [0.25, 0.3) is 0 Å². The van der Waals surface area contributed by atoms with Crippen molar-refractivity contribution in [3.63, 3.8) is 0 Å². The standard InChI is InChI=1S/C25H24O5/c26-19(12-11-17-7-3-1-4-8-17)13-14-20-21-15-24(27)29-23(21)16-22(20)30-25(28)18-9-5-2-6-10-18/h1-10,13-14,20-23H,11-12,15-16H2/b14-13+/t20-,21-,22+,23+/m0/s1. The van der Waals surface area contributed by atoms with E-state index in [1.807, 2.05) is 42.5 Å². The van der Waals surface area contributed by atoms with Crippen molar-refractivity contribution in [1.29, 1.82) is 0 Å². The highest BCUT2D eigenvalue weighted by molar-refractivity contribution is 5.90. The van der Waals surface area contributed by atoms with Crippen molar-refractivity contribution < 1.29 is 23.9 Å². The van der Waals surface area contributed by atoms with Gasteiger partial charge in [-0.05, 0) is 30.2 Å². The average Bonchev–Trinajstić information content (AvgIpc) is 3.27. The molecule has 2 aromatic rings. The molecule has 0 unspecified atom stereocenters. The third-order valence-corrected chi connectivity index (χ3v) is 5.83. The van der Waals surface area contributed by atoms with Crippen LogP contribution in [-0.4, -0.2) is 29.9 Å². The van der Waals surface area contributed by atoms with Crippen LogP contribution in [-0.2, 0) is 25.5 Å². The Morgan fingerprint density at radius 2 is 1.73 bits per heavy atom. The molecule has 2 fully saturated rings. The molecule has 0 spiro atoms. The number of benzene rings is 2. The zero-order valence-corrected chi connectivity index (χ0v) is 16.6. The summed E-state index contributed by atoms with van der Waals surface area (Å²) in [6.45, 7) is 0. The molecule has 1 aliphatic heterocycles. The van der Waals surface area contributed by atoms with Crippen LogP contribution in [0.1, 0.15) is 35.2 Å². The molecule has 1 heterocycles. The molecule has 154 valence electrons. The van der Waals surface area contributed by atoms with Gasteiger partial charge in [-0.1, -0.05) is 54.6 Å². The van der Waals surface area contributed by atoms with Crippen LogP contribution in [0.2, 0.25) is 0 Å². The topological polar surface area (TPSA) is 69.7 Å². The maximum Gasteiger partial charge on any atom is 0.338 e.